The average Bonchev–Trinajstić information content (AvgIpc) is 2.72. The summed E-state index contributed by atoms with van der Waals surface area (Å²) in [6.45, 7) is 1.47. The van der Waals surface area contributed by atoms with Crippen LogP contribution in [-0.4, -0.2) is 53.4 Å². The zero-order chi connectivity index (χ0) is 17.2. The molecule has 1 heterocycles. The number of nitrogens with one attached hydrogen (secondary N) is 1. The zero-order valence-corrected chi connectivity index (χ0v) is 13.8. The first-order chi connectivity index (χ1) is 10.8. The van der Waals surface area contributed by atoms with Crippen molar-refractivity contribution in [2.45, 2.75) is 17.4 Å². The molecule has 1 saturated heterocycles. The van der Waals surface area contributed by atoms with Gasteiger partial charge in [-0.05, 0) is 31.2 Å². The lowest BCUT2D eigenvalue weighted by Gasteiger charge is -2.33. The first-order valence-electron chi connectivity index (χ1n) is 6.89. The molecule has 3 amide bonds. The first kappa shape index (κ1) is 17.1. The van der Waals surface area contributed by atoms with E-state index in [0.717, 1.165) is 9.80 Å². The van der Waals surface area contributed by atoms with Gasteiger partial charge in [-0.1, -0.05) is 0 Å². The van der Waals surface area contributed by atoms with Crippen LogP contribution < -0.4 is 10.1 Å². The second kappa shape index (κ2) is 6.49. The van der Waals surface area contributed by atoms with Crippen molar-refractivity contribution >= 4 is 29.7 Å². The number of methoxy groups -OCH3 is 1. The number of carbonyl (C=O) groups excluding carboxylic acids is 2. The molecular weight excluding hydrogens is 320 g/mol. The van der Waals surface area contributed by atoms with Gasteiger partial charge in [0.1, 0.15) is 11.3 Å². The third-order valence-corrected chi connectivity index (χ3v) is 5.24. The van der Waals surface area contributed by atoms with E-state index in [1.165, 1.54) is 25.7 Å². The molecule has 1 fully saturated rings. The van der Waals surface area contributed by atoms with Crippen LogP contribution >= 0.6 is 11.8 Å². The summed E-state index contributed by atoms with van der Waals surface area (Å²) in [7, 11) is 2.99. The summed E-state index contributed by atoms with van der Waals surface area (Å²) >= 11 is 1.31. The average molecular weight is 338 g/mol. The molecule has 8 heteroatoms. The van der Waals surface area contributed by atoms with Gasteiger partial charge in [0, 0.05) is 17.7 Å². The summed E-state index contributed by atoms with van der Waals surface area (Å²) in [4.78, 5) is 37.4. The first-order valence-corrected chi connectivity index (χ1v) is 7.88. The molecule has 23 heavy (non-hydrogen) atoms. The smallest absolute Gasteiger partial charge is 0.324 e. The molecule has 1 aromatic rings. The van der Waals surface area contributed by atoms with Crippen molar-refractivity contribution in [3.8, 4) is 5.75 Å². The van der Waals surface area contributed by atoms with Crippen LogP contribution in [0.1, 0.15) is 6.92 Å². The number of thioether (sulfide) groups is 1. The van der Waals surface area contributed by atoms with Crippen LogP contribution in [0.4, 0.5) is 4.79 Å². The lowest BCUT2D eigenvalue weighted by Crippen LogP contribution is -2.54. The molecule has 124 valence electrons. The highest BCUT2D eigenvalue weighted by Crippen LogP contribution is 2.33. The number of carbonyl (C=O) groups is 3. The molecule has 0 bridgehead atoms. The Morgan fingerprint density at radius 2 is 2.00 bits per heavy atom. The fourth-order valence-corrected chi connectivity index (χ4v) is 3.54. The highest BCUT2D eigenvalue weighted by Gasteiger charge is 2.55. The third-order valence-electron chi connectivity index (χ3n) is 4.13. The Kier molecular flexibility index (Phi) is 4.84. The summed E-state index contributed by atoms with van der Waals surface area (Å²) in [5.41, 5.74) is -1.41. The Balaban J connectivity index is 2.17. The predicted octanol–water partition coefficient (Wildman–Crippen LogP) is 1.43. The molecule has 7 nitrogen and oxygen atoms in total. The zero-order valence-electron chi connectivity index (χ0n) is 13.0. The number of nitrogens with zero attached hydrogens (tertiary/aromatic N) is 1. The Labute approximate surface area is 138 Å². The van der Waals surface area contributed by atoms with Gasteiger partial charge in [0.2, 0.25) is 0 Å². The lowest BCUT2D eigenvalue weighted by atomic mass is 9.86. The van der Waals surface area contributed by atoms with E-state index in [9.17, 15) is 19.5 Å². The molecule has 1 aliphatic heterocycles. The van der Waals surface area contributed by atoms with Crippen molar-refractivity contribution in [2.75, 3.05) is 19.9 Å². The van der Waals surface area contributed by atoms with Crippen LogP contribution in [0.3, 0.4) is 0 Å². The standard InChI is InChI=1S/C15H18N2O5S/c1-15(13(20)16-14(21)17(15)2)11(12(18)19)8-23-10-6-4-9(22-3)5-7-10/h4-7,11H,8H2,1-3H3,(H,18,19)(H,16,20,21). The molecule has 2 atom stereocenters. The number of urea groups is 1. The maximum Gasteiger partial charge on any atom is 0.324 e. The molecule has 0 radical (unpaired) electrons. The van der Waals surface area contributed by atoms with Gasteiger partial charge in [-0.2, -0.15) is 0 Å². The fraction of sp³-hybridized carbons (Fsp3) is 0.400. The Hall–Kier alpha value is -2.22. The van der Waals surface area contributed by atoms with Crippen molar-refractivity contribution in [1.82, 2.24) is 10.2 Å². The summed E-state index contributed by atoms with van der Waals surface area (Å²) < 4.78 is 5.07. The number of imide groups is 1. The Morgan fingerprint density at radius 3 is 2.43 bits per heavy atom. The molecule has 2 N–H and O–H groups in total. The number of amides is 3. The largest absolute Gasteiger partial charge is 0.497 e. The predicted molar refractivity (Wildman–Crippen MR) is 84.6 cm³/mol. The summed E-state index contributed by atoms with van der Waals surface area (Å²) in [5, 5.41) is 11.7. The number of carboxylic acid groups (broad SMARTS) is 1. The molecule has 0 spiro atoms. The van der Waals surface area contributed by atoms with Crippen LogP contribution in [0, 0.1) is 5.92 Å². The number of rotatable bonds is 6. The summed E-state index contributed by atoms with van der Waals surface area (Å²) in [6, 6.07) is 6.59. The minimum absolute atomic E-state index is 0.156. The molecule has 2 rings (SSSR count). The highest BCUT2D eigenvalue weighted by atomic mass is 32.2. The van der Waals surface area contributed by atoms with Gasteiger partial charge in [-0.25, -0.2) is 4.79 Å². The van der Waals surface area contributed by atoms with Gasteiger partial charge in [0.25, 0.3) is 5.91 Å². The van der Waals surface area contributed by atoms with E-state index >= 15 is 0 Å². The normalized spacial score (nSPS) is 22.0. The monoisotopic (exact) mass is 338 g/mol. The second-order valence-electron chi connectivity index (χ2n) is 5.34. The minimum Gasteiger partial charge on any atom is -0.497 e. The Bertz CT molecular complexity index is 633. The second-order valence-corrected chi connectivity index (χ2v) is 6.44. The Morgan fingerprint density at radius 1 is 1.39 bits per heavy atom. The van der Waals surface area contributed by atoms with Gasteiger partial charge >= 0.3 is 12.0 Å². The summed E-state index contributed by atoms with van der Waals surface area (Å²) in [6.07, 6.45) is 0. The number of ether oxygens (including phenoxy) is 1. The molecular formula is C15H18N2O5S. The third kappa shape index (κ3) is 3.12. The number of carboxylic acids is 1. The summed E-state index contributed by atoms with van der Waals surface area (Å²) in [5.74, 6) is -1.89. The van der Waals surface area contributed by atoms with Crippen molar-refractivity contribution in [3.05, 3.63) is 24.3 Å². The van der Waals surface area contributed by atoms with E-state index < -0.39 is 29.4 Å². The van der Waals surface area contributed by atoms with Gasteiger partial charge < -0.3 is 14.7 Å². The van der Waals surface area contributed by atoms with Crippen LogP contribution in [-0.2, 0) is 9.59 Å². The number of hydrogen-bond donors (Lipinski definition) is 2. The van der Waals surface area contributed by atoms with E-state index in [1.54, 1.807) is 19.2 Å². The topological polar surface area (TPSA) is 95.9 Å². The van der Waals surface area contributed by atoms with Crippen LogP contribution in [0.25, 0.3) is 0 Å². The number of hydrogen-bond acceptors (Lipinski definition) is 5. The van der Waals surface area contributed by atoms with Crippen LogP contribution in [0.5, 0.6) is 5.75 Å². The molecule has 0 aliphatic carbocycles. The maximum atomic E-state index is 12.1. The highest BCUT2D eigenvalue weighted by molar-refractivity contribution is 7.99. The molecule has 1 aliphatic rings. The molecule has 1 aromatic carbocycles. The molecule has 0 saturated carbocycles. The van der Waals surface area contributed by atoms with E-state index in [1.807, 2.05) is 12.1 Å². The van der Waals surface area contributed by atoms with Crippen molar-refractivity contribution in [1.29, 1.82) is 0 Å². The van der Waals surface area contributed by atoms with E-state index in [4.69, 9.17) is 4.74 Å². The van der Waals surface area contributed by atoms with E-state index in [2.05, 4.69) is 5.32 Å². The van der Waals surface area contributed by atoms with Gasteiger partial charge in [-0.15, -0.1) is 11.8 Å². The number of aliphatic carboxylic acids is 1. The number of likely N-dealkylation sites (N-methyl/N-ethyl adjacent to an activating group) is 1. The quantitative estimate of drug-likeness (QED) is 0.602. The van der Waals surface area contributed by atoms with Gasteiger partial charge in [0.05, 0.1) is 13.0 Å². The van der Waals surface area contributed by atoms with E-state index in [0.29, 0.717) is 5.75 Å². The van der Waals surface area contributed by atoms with Gasteiger partial charge in [0.15, 0.2) is 0 Å². The van der Waals surface area contributed by atoms with Crippen molar-refractivity contribution in [3.63, 3.8) is 0 Å². The van der Waals surface area contributed by atoms with Gasteiger partial charge in [-0.3, -0.25) is 14.9 Å². The lowest BCUT2D eigenvalue weighted by molar-refractivity contribution is -0.148. The SMILES string of the molecule is COc1ccc(SCC(C(=O)O)C2(C)C(=O)NC(=O)N2C)cc1. The van der Waals surface area contributed by atoms with E-state index in [-0.39, 0.29) is 5.75 Å². The minimum atomic E-state index is -1.41. The fourth-order valence-electron chi connectivity index (χ4n) is 2.39. The maximum absolute atomic E-state index is 12.1. The number of benzene rings is 1. The van der Waals surface area contributed by atoms with Crippen molar-refractivity contribution < 1.29 is 24.2 Å². The molecule has 2 unspecified atom stereocenters. The molecule has 0 aromatic heterocycles. The van der Waals surface area contributed by atoms with Crippen molar-refractivity contribution in [2.24, 2.45) is 5.92 Å². The van der Waals surface area contributed by atoms with Crippen LogP contribution in [0.2, 0.25) is 0 Å². The van der Waals surface area contributed by atoms with Crippen LogP contribution in [0.15, 0.2) is 29.2 Å².